The van der Waals surface area contributed by atoms with E-state index in [0.717, 1.165) is 5.69 Å². The van der Waals surface area contributed by atoms with Gasteiger partial charge in [-0.15, -0.1) is 0 Å². The third-order valence-electron chi connectivity index (χ3n) is 4.46. The third kappa shape index (κ3) is 2.76. The summed E-state index contributed by atoms with van der Waals surface area (Å²) in [5.74, 6) is -0.308. The van der Waals surface area contributed by atoms with Crippen LogP contribution in [-0.4, -0.2) is 53.5 Å². The molecule has 2 aromatic heterocycles. The lowest BCUT2D eigenvalue weighted by molar-refractivity contribution is 0.385. The molecule has 3 aromatic rings. The van der Waals surface area contributed by atoms with Gasteiger partial charge in [-0.05, 0) is 36.4 Å². The number of rotatable bonds is 3. The summed E-state index contributed by atoms with van der Waals surface area (Å²) in [5.41, 5.74) is 0.445. The summed E-state index contributed by atoms with van der Waals surface area (Å²) in [6, 6.07) is 9.07. The summed E-state index contributed by atoms with van der Waals surface area (Å²) in [6.45, 7) is 1.55. The number of halogens is 1. The molecular weight excluding hydrogens is 361 g/mol. The number of anilines is 1. The quantitative estimate of drug-likeness (QED) is 0.725. The molecule has 136 valence electrons. The lowest BCUT2D eigenvalue weighted by Gasteiger charge is -2.35. The van der Waals surface area contributed by atoms with Gasteiger partial charge in [0.25, 0.3) is 0 Å². The predicted molar refractivity (Wildman–Crippen MR) is 93.2 cm³/mol. The first-order chi connectivity index (χ1) is 12.5. The van der Waals surface area contributed by atoms with Gasteiger partial charge in [0.2, 0.25) is 10.0 Å². The molecule has 1 aliphatic rings. The van der Waals surface area contributed by atoms with Crippen LogP contribution >= 0.6 is 0 Å². The maximum absolute atomic E-state index is 13.1. The Morgan fingerprint density at radius 1 is 1.04 bits per heavy atom. The summed E-state index contributed by atoms with van der Waals surface area (Å²) >= 11 is 0. The van der Waals surface area contributed by atoms with Crippen molar-refractivity contribution in [2.45, 2.75) is 4.90 Å². The minimum absolute atomic E-state index is 0.00594. The zero-order valence-electron chi connectivity index (χ0n) is 13.7. The number of hydrogen-bond donors (Lipinski definition) is 1. The van der Waals surface area contributed by atoms with Crippen LogP contribution in [0.3, 0.4) is 0 Å². The lowest BCUT2D eigenvalue weighted by atomic mass is 10.2. The van der Waals surface area contributed by atoms with Crippen LogP contribution in [0.5, 0.6) is 0 Å². The lowest BCUT2D eigenvalue weighted by Crippen LogP contribution is -2.48. The zero-order chi connectivity index (χ0) is 18.3. The molecule has 0 radical (unpaired) electrons. The van der Waals surface area contributed by atoms with Crippen molar-refractivity contribution in [1.29, 1.82) is 0 Å². The first-order valence-electron chi connectivity index (χ1n) is 8.03. The zero-order valence-corrected chi connectivity index (χ0v) is 14.5. The molecule has 3 heterocycles. The molecule has 1 aromatic carbocycles. The molecule has 10 heteroatoms. The van der Waals surface area contributed by atoms with Crippen molar-refractivity contribution >= 4 is 21.4 Å². The van der Waals surface area contributed by atoms with Crippen LogP contribution in [0.15, 0.2) is 52.3 Å². The molecule has 0 atom stereocenters. The van der Waals surface area contributed by atoms with E-state index in [9.17, 15) is 17.6 Å². The van der Waals surface area contributed by atoms with E-state index < -0.39 is 15.7 Å². The van der Waals surface area contributed by atoms with Gasteiger partial charge in [0.15, 0.2) is 5.65 Å². The average Bonchev–Trinajstić information content (AvgIpc) is 3.04. The molecule has 0 aliphatic carbocycles. The summed E-state index contributed by atoms with van der Waals surface area (Å²) in [4.78, 5) is 13.7. The van der Waals surface area contributed by atoms with Crippen LogP contribution in [0.2, 0.25) is 0 Å². The van der Waals surface area contributed by atoms with Crippen LogP contribution in [0.1, 0.15) is 0 Å². The smallest absolute Gasteiger partial charge is 0.347 e. The van der Waals surface area contributed by atoms with Crippen molar-refractivity contribution in [2.75, 3.05) is 31.1 Å². The number of nitrogens with zero attached hydrogens (tertiary/aromatic N) is 4. The van der Waals surface area contributed by atoms with E-state index in [2.05, 4.69) is 10.2 Å². The van der Waals surface area contributed by atoms with E-state index >= 15 is 0 Å². The molecular formula is C16H16FN5O3S. The van der Waals surface area contributed by atoms with E-state index in [4.69, 9.17) is 0 Å². The highest BCUT2D eigenvalue weighted by Gasteiger charge is 2.31. The molecule has 0 amide bonds. The van der Waals surface area contributed by atoms with Crippen molar-refractivity contribution in [3.05, 3.63) is 58.9 Å². The molecule has 0 unspecified atom stereocenters. The highest BCUT2D eigenvalue weighted by Crippen LogP contribution is 2.23. The number of sulfonamides is 1. The first-order valence-corrected chi connectivity index (χ1v) is 9.47. The van der Waals surface area contributed by atoms with E-state index in [-0.39, 0.29) is 29.4 Å². The molecule has 4 rings (SSSR count). The Labute approximate surface area is 148 Å². The van der Waals surface area contributed by atoms with Crippen molar-refractivity contribution in [2.24, 2.45) is 0 Å². The Morgan fingerprint density at radius 3 is 2.42 bits per heavy atom. The Hall–Kier alpha value is -2.72. The number of nitrogens with one attached hydrogen (secondary N) is 1. The fourth-order valence-electron chi connectivity index (χ4n) is 3.09. The molecule has 1 aliphatic heterocycles. The molecule has 0 bridgehead atoms. The average molecular weight is 377 g/mol. The number of piperazine rings is 1. The number of aromatic nitrogens is 3. The summed E-state index contributed by atoms with van der Waals surface area (Å²) < 4.78 is 41.6. The SMILES string of the molecule is O=c1[nH]nc2c(S(=O)(=O)N3CCN(c4ccc(F)cc4)CC3)cccn12. The van der Waals surface area contributed by atoms with Gasteiger partial charge in [-0.1, -0.05) is 0 Å². The van der Waals surface area contributed by atoms with E-state index in [1.807, 2.05) is 4.90 Å². The van der Waals surface area contributed by atoms with Gasteiger partial charge in [0, 0.05) is 38.1 Å². The summed E-state index contributed by atoms with van der Waals surface area (Å²) in [7, 11) is -3.78. The molecule has 1 N–H and O–H groups in total. The van der Waals surface area contributed by atoms with Gasteiger partial charge in [0.05, 0.1) is 0 Å². The van der Waals surface area contributed by atoms with Crippen molar-refractivity contribution in [1.82, 2.24) is 18.9 Å². The second-order valence-corrected chi connectivity index (χ2v) is 7.87. The fourth-order valence-corrected chi connectivity index (χ4v) is 4.63. The van der Waals surface area contributed by atoms with Crippen LogP contribution in [0, 0.1) is 5.82 Å². The highest BCUT2D eigenvalue weighted by molar-refractivity contribution is 7.89. The Morgan fingerprint density at radius 2 is 1.73 bits per heavy atom. The van der Waals surface area contributed by atoms with Crippen molar-refractivity contribution in [3.63, 3.8) is 0 Å². The van der Waals surface area contributed by atoms with Crippen molar-refractivity contribution < 1.29 is 12.8 Å². The molecule has 0 saturated carbocycles. The van der Waals surface area contributed by atoms with Gasteiger partial charge < -0.3 is 4.90 Å². The first kappa shape index (κ1) is 16.7. The Balaban J connectivity index is 1.58. The second-order valence-electron chi connectivity index (χ2n) is 5.96. The number of benzene rings is 1. The Bertz CT molecular complexity index is 1100. The molecule has 1 saturated heterocycles. The fraction of sp³-hybridized carbons (Fsp3) is 0.250. The maximum atomic E-state index is 13.1. The van der Waals surface area contributed by atoms with Gasteiger partial charge in [-0.25, -0.2) is 27.1 Å². The van der Waals surface area contributed by atoms with E-state index in [1.165, 1.54) is 39.2 Å². The molecule has 0 spiro atoms. The van der Waals surface area contributed by atoms with Crippen LogP contribution in [-0.2, 0) is 10.0 Å². The van der Waals surface area contributed by atoms with Gasteiger partial charge in [-0.2, -0.15) is 9.40 Å². The molecule has 8 nitrogen and oxygen atoms in total. The largest absolute Gasteiger partial charge is 0.369 e. The Kier molecular flexibility index (Phi) is 4.00. The minimum Gasteiger partial charge on any atom is -0.369 e. The minimum atomic E-state index is -3.78. The predicted octanol–water partition coefficient (Wildman–Crippen LogP) is 0.673. The monoisotopic (exact) mass is 377 g/mol. The van der Waals surface area contributed by atoms with Gasteiger partial charge in [-0.3, -0.25) is 0 Å². The number of fused-ring (bicyclic) bond motifs is 1. The number of pyridine rings is 1. The standard InChI is InChI=1S/C16H16FN5O3S/c17-12-3-5-13(6-4-12)20-8-10-21(11-9-20)26(24,25)14-2-1-7-22-15(14)18-19-16(22)23/h1-7H,8-11H2,(H,19,23). The van der Waals surface area contributed by atoms with Crippen LogP contribution in [0.4, 0.5) is 10.1 Å². The van der Waals surface area contributed by atoms with Gasteiger partial charge >= 0.3 is 5.69 Å². The normalized spacial score (nSPS) is 16.3. The third-order valence-corrected chi connectivity index (χ3v) is 6.38. The second kappa shape index (κ2) is 6.22. The maximum Gasteiger partial charge on any atom is 0.347 e. The molecule has 26 heavy (non-hydrogen) atoms. The summed E-state index contributed by atoms with van der Waals surface area (Å²) in [5, 5.41) is 6.08. The van der Waals surface area contributed by atoms with Crippen LogP contribution in [0.25, 0.3) is 5.65 Å². The number of aromatic amines is 1. The summed E-state index contributed by atoms with van der Waals surface area (Å²) in [6.07, 6.45) is 1.46. The highest BCUT2D eigenvalue weighted by atomic mass is 32.2. The van der Waals surface area contributed by atoms with Crippen molar-refractivity contribution in [3.8, 4) is 0 Å². The molecule has 1 fully saturated rings. The van der Waals surface area contributed by atoms with Gasteiger partial charge in [0.1, 0.15) is 10.7 Å². The number of hydrogen-bond acceptors (Lipinski definition) is 5. The topological polar surface area (TPSA) is 90.8 Å². The van der Waals surface area contributed by atoms with E-state index in [0.29, 0.717) is 13.1 Å². The van der Waals surface area contributed by atoms with Crippen LogP contribution < -0.4 is 10.6 Å². The number of H-pyrrole nitrogens is 1. The van der Waals surface area contributed by atoms with E-state index in [1.54, 1.807) is 12.1 Å².